The van der Waals surface area contributed by atoms with Crippen LogP contribution in [0.1, 0.15) is 57.8 Å². The minimum absolute atomic E-state index is 0.103. The summed E-state index contributed by atoms with van der Waals surface area (Å²) < 4.78 is 25.8. The largest absolute Gasteiger partial charge is 0.299 e. The van der Waals surface area contributed by atoms with E-state index in [9.17, 15) is 13.6 Å². The maximum Gasteiger partial charge on any atom is 0.248 e. The first-order chi connectivity index (χ1) is 8.05. The Morgan fingerprint density at radius 3 is 2.47 bits per heavy atom. The Labute approximate surface area is 102 Å². The maximum absolute atomic E-state index is 12.9. The molecule has 0 aromatic rings. The van der Waals surface area contributed by atoms with Crippen molar-refractivity contribution in [2.45, 2.75) is 63.7 Å². The molecule has 0 N–H and O–H groups in total. The molecule has 0 bridgehead atoms. The minimum atomic E-state index is -2.53. The van der Waals surface area contributed by atoms with Crippen molar-refractivity contribution in [3.05, 3.63) is 12.7 Å². The molecule has 1 nitrogen and oxygen atoms in total. The quantitative estimate of drug-likeness (QED) is 0.475. The molecule has 17 heavy (non-hydrogen) atoms. The Balaban J connectivity index is 2.14. The lowest BCUT2D eigenvalue weighted by molar-refractivity contribution is -0.127. The molecule has 1 aliphatic carbocycles. The molecule has 0 radical (unpaired) electrons. The van der Waals surface area contributed by atoms with Gasteiger partial charge in [-0.1, -0.05) is 12.5 Å². The first-order valence-corrected chi connectivity index (χ1v) is 6.56. The van der Waals surface area contributed by atoms with Gasteiger partial charge >= 0.3 is 0 Å². The highest BCUT2D eigenvalue weighted by Gasteiger charge is 2.36. The summed E-state index contributed by atoms with van der Waals surface area (Å²) in [5.74, 6) is -2.44. The molecular weight excluding hydrogens is 222 g/mol. The van der Waals surface area contributed by atoms with E-state index in [1.165, 1.54) is 0 Å². The van der Waals surface area contributed by atoms with E-state index in [0.717, 1.165) is 25.7 Å². The van der Waals surface area contributed by atoms with Gasteiger partial charge in [-0.05, 0) is 32.1 Å². The number of alkyl halides is 2. The van der Waals surface area contributed by atoms with Gasteiger partial charge in [0.05, 0.1) is 0 Å². The van der Waals surface area contributed by atoms with E-state index in [1.807, 2.05) is 6.08 Å². The van der Waals surface area contributed by atoms with Crippen LogP contribution in [0.4, 0.5) is 8.78 Å². The summed E-state index contributed by atoms with van der Waals surface area (Å²) in [5, 5.41) is 0. The second-order valence-corrected chi connectivity index (χ2v) is 4.98. The van der Waals surface area contributed by atoms with Crippen molar-refractivity contribution in [3.8, 4) is 0 Å². The van der Waals surface area contributed by atoms with Crippen molar-refractivity contribution in [1.82, 2.24) is 0 Å². The monoisotopic (exact) mass is 244 g/mol. The third-order valence-corrected chi connectivity index (χ3v) is 3.50. The van der Waals surface area contributed by atoms with Gasteiger partial charge in [0.15, 0.2) is 0 Å². The smallest absolute Gasteiger partial charge is 0.248 e. The van der Waals surface area contributed by atoms with Gasteiger partial charge in [0.25, 0.3) is 0 Å². The third kappa shape index (κ3) is 5.42. The number of allylic oxidation sites excluding steroid dienone is 1. The molecule has 1 saturated carbocycles. The SMILES string of the molecule is C=CCCCCCC(=O)C1CCC(F)(F)CC1. The average molecular weight is 244 g/mol. The highest BCUT2D eigenvalue weighted by Crippen LogP contribution is 2.36. The van der Waals surface area contributed by atoms with Gasteiger partial charge in [-0.15, -0.1) is 6.58 Å². The van der Waals surface area contributed by atoms with E-state index in [2.05, 4.69) is 6.58 Å². The predicted octanol–water partition coefficient (Wildman–Crippen LogP) is 4.52. The average Bonchev–Trinajstić information content (AvgIpc) is 2.28. The fourth-order valence-corrected chi connectivity index (χ4v) is 2.33. The Hall–Kier alpha value is -0.730. The Bertz CT molecular complexity index is 251. The zero-order chi connectivity index (χ0) is 12.7. The van der Waals surface area contributed by atoms with E-state index in [4.69, 9.17) is 0 Å². The topological polar surface area (TPSA) is 17.1 Å². The summed E-state index contributed by atoms with van der Waals surface area (Å²) in [4.78, 5) is 11.8. The molecule has 0 saturated heterocycles. The van der Waals surface area contributed by atoms with Crippen LogP contribution < -0.4 is 0 Å². The first kappa shape index (κ1) is 14.3. The van der Waals surface area contributed by atoms with E-state index in [-0.39, 0.29) is 24.5 Å². The Morgan fingerprint density at radius 1 is 1.24 bits per heavy atom. The van der Waals surface area contributed by atoms with Gasteiger partial charge in [-0.25, -0.2) is 8.78 Å². The molecule has 1 fully saturated rings. The molecule has 0 aromatic carbocycles. The van der Waals surface area contributed by atoms with Crippen LogP contribution in [0.5, 0.6) is 0 Å². The predicted molar refractivity (Wildman–Crippen MR) is 65.2 cm³/mol. The van der Waals surface area contributed by atoms with Crippen LogP contribution in [-0.2, 0) is 4.79 Å². The molecule has 0 atom stereocenters. The second kappa shape index (κ2) is 6.87. The molecule has 0 heterocycles. The van der Waals surface area contributed by atoms with E-state index < -0.39 is 5.92 Å². The van der Waals surface area contributed by atoms with Crippen LogP contribution in [0, 0.1) is 5.92 Å². The molecule has 0 spiro atoms. The summed E-state index contributed by atoms with van der Waals surface area (Å²) in [6.07, 6.45) is 6.94. The Morgan fingerprint density at radius 2 is 1.88 bits per heavy atom. The van der Waals surface area contributed by atoms with Gasteiger partial charge < -0.3 is 0 Å². The fraction of sp³-hybridized carbons (Fsp3) is 0.786. The molecule has 3 heteroatoms. The van der Waals surface area contributed by atoms with Crippen LogP contribution in [0.15, 0.2) is 12.7 Å². The molecule has 98 valence electrons. The standard InChI is InChI=1S/C14H22F2O/c1-2-3-4-5-6-7-13(17)12-8-10-14(15,16)11-9-12/h2,12H,1,3-11H2. The number of hydrogen-bond acceptors (Lipinski definition) is 1. The van der Waals surface area contributed by atoms with Crippen LogP contribution in [-0.4, -0.2) is 11.7 Å². The van der Waals surface area contributed by atoms with Crippen molar-refractivity contribution in [3.63, 3.8) is 0 Å². The van der Waals surface area contributed by atoms with Crippen molar-refractivity contribution in [2.24, 2.45) is 5.92 Å². The van der Waals surface area contributed by atoms with E-state index in [0.29, 0.717) is 19.3 Å². The van der Waals surface area contributed by atoms with Crippen LogP contribution in [0.3, 0.4) is 0 Å². The first-order valence-electron chi connectivity index (χ1n) is 6.56. The van der Waals surface area contributed by atoms with Gasteiger partial charge in [-0.3, -0.25) is 4.79 Å². The fourth-order valence-electron chi connectivity index (χ4n) is 2.33. The number of Topliss-reactive ketones (excluding diaryl/α,β-unsaturated/α-hetero) is 1. The highest BCUT2D eigenvalue weighted by atomic mass is 19.3. The van der Waals surface area contributed by atoms with Crippen molar-refractivity contribution in [2.75, 3.05) is 0 Å². The zero-order valence-electron chi connectivity index (χ0n) is 10.4. The van der Waals surface area contributed by atoms with E-state index in [1.54, 1.807) is 0 Å². The molecule has 1 aliphatic rings. The lowest BCUT2D eigenvalue weighted by atomic mass is 9.83. The summed E-state index contributed by atoms with van der Waals surface area (Å²) in [5.41, 5.74) is 0. The summed E-state index contributed by atoms with van der Waals surface area (Å²) in [6.45, 7) is 3.64. The lowest BCUT2D eigenvalue weighted by Gasteiger charge is -2.27. The van der Waals surface area contributed by atoms with Crippen LogP contribution in [0.25, 0.3) is 0 Å². The summed E-state index contributed by atoms with van der Waals surface area (Å²) >= 11 is 0. The third-order valence-electron chi connectivity index (χ3n) is 3.50. The Kier molecular flexibility index (Phi) is 5.79. The van der Waals surface area contributed by atoms with Gasteiger partial charge in [0.1, 0.15) is 5.78 Å². The number of halogens is 2. The number of rotatable bonds is 7. The number of unbranched alkanes of at least 4 members (excludes halogenated alkanes) is 3. The normalized spacial score (nSPS) is 20.1. The number of hydrogen-bond donors (Lipinski definition) is 0. The zero-order valence-corrected chi connectivity index (χ0v) is 10.4. The van der Waals surface area contributed by atoms with Crippen molar-refractivity contribution < 1.29 is 13.6 Å². The molecule has 0 amide bonds. The summed E-state index contributed by atoms with van der Waals surface area (Å²) in [7, 11) is 0. The summed E-state index contributed by atoms with van der Waals surface area (Å²) in [6, 6.07) is 0. The molecule has 1 rings (SSSR count). The van der Waals surface area contributed by atoms with Gasteiger partial charge in [0.2, 0.25) is 5.92 Å². The highest BCUT2D eigenvalue weighted by molar-refractivity contribution is 5.81. The lowest BCUT2D eigenvalue weighted by Crippen LogP contribution is -2.28. The maximum atomic E-state index is 12.9. The number of ketones is 1. The molecule has 0 aromatic heterocycles. The second-order valence-electron chi connectivity index (χ2n) is 4.98. The number of carbonyl (C=O) groups excluding carboxylic acids is 1. The van der Waals surface area contributed by atoms with E-state index >= 15 is 0 Å². The van der Waals surface area contributed by atoms with Crippen LogP contribution >= 0.6 is 0 Å². The van der Waals surface area contributed by atoms with Gasteiger partial charge in [0, 0.05) is 25.2 Å². The molecule has 0 unspecified atom stereocenters. The number of carbonyl (C=O) groups is 1. The minimum Gasteiger partial charge on any atom is -0.299 e. The van der Waals surface area contributed by atoms with Crippen LogP contribution in [0.2, 0.25) is 0 Å². The van der Waals surface area contributed by atoms with Gasteiger partial charge in [-0.2, -0.15) is 0 Å². The molecular formula is C14H22F2O. The van der Waals surface area contributed by atoms with Crippen molar-refractivity contribution >= 4 is 5.78 Å². The molecule has 0 aliphatic heterocycles. The van der Waals surface area contributed by atoms with Crippen molar-refractivity contribution in [1.29, 1.82) is 0 Å².